The highest BCUT2D eigenvalue weighted by atomic mass is 19.1. The highest BCUT2D eigenvalue weighted by Crippen LogP contribution is 2.21. The number of rotatable bonds is 2. The molecule has 0 aliphatic rings. The van der Waals surface area contributed by atoms with E-state index in [0.29, 0.717) is 11.1 Å². The normalized spacial score (nSPS) is 10.3. The molecule has 0 spiro atoms. The van der Waals surface area contributed by atoms with Crippen LogP contribution in [0.1, 0.15) is 32.6 Å². The van der Waals surface area contributed by atoms with Gasteiger partial charge in [-0.1, -0.05) is 11.8 Å². The van der Waals surface area contributed by atoms with Crippen LogP contribution in [-0.4, -0.2) is 5.97 Å². The first-order valence-corrected chi connectivity index (χ1v) is 8.50. The first-order valence-electron chi connectivity index (χ1n) is 8.50. The van der Waals surface area contributed by atoms with Gasteiger partial charge in [0.05, 0.1) is 11.1 Å². The number of aryl methyl sites for hydroxylation is 1. The molecule has 0 saturated carbocycles. The van der Waals surface area contributed by atoms with E-state index in [9.17, 15) is 22.4 Å². The maximum atomic E-state index is 13.8. The molecule has 6 heteroatoms. The lowest BCUT2D eigenvalue weighted by Gasteiger charge is -2.06. The highest BCUT2D eigenvalue weighted by molar-refractivity contribution is 5.91. The molecule has 0 amide bonds. The Kier molecular flexibility index (Phi) is 5.69. The van der Waals surface area contributed by atoms with Gasteiger partial charge in [-0.25, -0.2) is 22.4 Å². The molecule has 0 fully saturated rings. The molecule has 2 nitrogen and oxygen atoms in total. The fourth-order valence-electron chi connectivity index (χ4n) is 2.49. The van der Waals surface area contributed by atoms with Crippen molar-refractivity contribution in [3.8, 4) is 17.6 Å². The predicted molar refractivity (Wildman–Crippen MR) is 99.6 cm³/mol. The van der Waals surface area contributed by atoms with Crippen molar-refractivity contribution in [1.29, 1.82) is 0 Å². The Balaban J connectivity index is 1.77. The lowest BCUT2D eigenvalue weighted by atomic mass is 10.1. The summed E-state index contributed by atoms with van der Waals surface area (Å²) in [6.07, 6.45) is 0. The van der Waals surface area contributed by atoms with E-state index in [-0.39, 0.29) is 22.4 Å². The molecular formula is C23H14F4O2. The summed E-state index contributed by atoms with van der Waals surface area (Å²) >= 11 is 0. The van der Waals surface area contributed by atoms with Crippen LogP contribution in [0.2, 0.25) is 0 Å². The molecule has 0 saturated heterocycles. The molecule has 0 aliphatic heterocycles. The molecule has 0 aliphatic carbocycles. The van der Waals surface area contributed by atoms with Gasteiger partial charge < -0.3 is 4.74 Å². The van der Waals surface area contributed by atoms with Gasteiger partial charge >= 0.3 is 5.97 Å². The quantitative estimate of drug-likeness (QED) is 0.247. The van der Waals surface area contributed by atoms with Gasteiger partial charge in [-0.3, -0.25) is 0 Å². The van der Waals surface area contributed by atoms with Crippen molar-refractivity contribution in [3.05, 3.63) is 99.6 Å². The number of hydrogen-bond donors (Lipinski definition) is 0. The van der Waals surface area contributed by atoms with Crippen LogP contribution in [0, 0.1) is 49.0 Å². The van der Waals surface area contributed by atoms with Gasteiger partial charge in [0.2, 0.25) is 0 Å². The zero-order valence-corrected chi connectivity index (χ0v) is 15.4. The van der Waals surface area contributed by atoms with Crippen molar-refractivity contribution in [2.24, 2.45) is 0 Å². The molecule has 0 heterocycles. The second-order valence-corrected chi connectivity index (χ2v) is 6.33. The van der Waals surface area contributed by atoms with Gasteiger partial charge in [0.1, 0.15) is 29.0 Å². The first kappa shape index (κ1) is 20.2. The molecule has 146 valence electrons. The average Bonchev–Trinajstić information content (AvgIpc) is 2.65. The van der Waals surface area contributed by atoms with Crippen molar-refractivity contribution >= 4 is 5.97 Å². The largest absolute Gasteiger partial charge is 0.423 e. The molecule has 3 aromatic carbocycles. The van der Waals surface area contributed by atoms with E-state index in [1.165, 1.54) is 43.3 Å². The second kappa shape index (κ2) is 8.19. The van der Waals surface area contributed by atoms with Crippen LogP contribution in [0.15, 0.2) is 48.5 Å². The Labute approximate surface area is 164 Å². The fourth-order valence-corrected chi connectivity index (χ4v) is 2.49. The molecule has 3 aromatic rings. The van der Waals surface area contributed by atoms with Crippen LogP contribution in [0.25, 0.3) is 0 Å². The summed E-state index contributed by atoms with van der Waals surface area (Å²) in [7, 11) is 0. The summed E-state index contributed by atoms with van der Waals surface area (Å²) in [6.45, 7) is 2.84. The SMILES string of the molecule is Cc1cc(F)c(C#Cc2ccc(C(=O)Oc3cc(F)c(C)c(F)c3)cc2)c(F)c1. The highest BCUT2D eigenvalue weighted by Gasteiger charge is 2.13. The number of hydrogen-bond acceptors (Lipinski definition) is 2. The second-order valence-electron chi connectivity index (χ2n) is 6.33. The topological polar surface area (TPSA) is 26.3 Å². The van der Waals surface area contributed by atoms with E-state index in [4.69, 9.17) is 4.74 Å². The van der Waals surface area contributed by atoms with E-state index in [1.807, 2.05) is 0 Å². The van der Waals surface area contributed by atoms with Crippen molar-refractivity contribution in [2.75, 3.05) is 0 Å². The van der Waals surface area contributed by atoms with Gasteiger partial charge in [0.25, 0.3) is 0 Å². The number of benzene rings is 3. The molecule has 3 rings (SSSR count). The Morgan fingerprint density at radius 2 is 1.34 bits per heavy atom. The minimum atomic E-state index is -0.825. The van der Waals surface area contributed by atoms with Gasteiger partial charge in [-0.2, -0.15) is 0 Å². The van der Waals surface area contributed by atoms with E-state index in [0.717, 1.165) is 12.1 Å². The zero-order chi connectivity index (χ0) is 21.1. The summed E-state index contributed by atoms with van der Waals surface area (Å²) in [6, 6.07) is 9.89. The fraction of sp³-hybridized carbons (Fsp3) is 0.0870. The van der Waals surface area contributed by atoms with Crippen molar-refractivity contribution < 1.29 is 27.1 Å². The third-order valence-electron chi connectivity index (χ3n) is 4.10. The average molecular weight is 398 g/mol. The molecular weight excluding hydrogens is 384 g/mol. The summed E-state index contributed by atoms with van der Waals surface area (Å²) in [5.74, 6) is 0.810. The predicted octanol–water partition coefficient (Wildman–Crippen LogP) is 5.48. The Morgan fingerprint density at radius 3 is 1.90 bits per heavy atom. The van der Waals surface area contributed by atoms with E-state index >= 15 is 0 Å². The monoisotopic (exact) mass is 398 g/mol. The summed E-state index contributed by atoms with van der Waals surface area (Å²) in [5, 5.41) is 0. The number of carbonyl (C=O) groups is 1. The van der Waals surface area contributed by atoms with E-state index in [1.54, 1.807) is 6.92 Å². The van der Waals surface area contributed by atoms with Crippen LogP contribution in [-0.2, 0) is 0 Å². The summed E-state index contributed by atoms with van der Waals surface area (Å²) in [5.41, 5.74) is 0.455. The molecule has 29 heavy (non-hydrogen) atoms. The van der Waals surface area contributed by atoms with Crippen LogP contribution >= 0.6 is 0 Å². The lowest BCUT2D eigenvalue weighted by molar-refractivity contribution is 0.0734. The van der Waals surface area contributed by atoms with E-state index in [2.05, 4.69) is 11.8 Å². The van der Waals surface area contributed by atoms with Crippen molar-refractivity contribution in [1.82, 2.24) is 0 Å². The zero-order valence-electron chi connectivity index (χ0n) is 15.4. The first-order chi connectivity index (χ1) is 13.7. The molecule has 0 radical (unpaired) electrons. The Morgan fingerprint density at radius 1 is 0.793 bits per heavy atom. The third kappa shape index (κ3) is 4.64. The Bertz CT molecular complexity index is 1110. The smallest absolute Gasteiger partial charge is 0.343 e. The number of carbonyl (C=O) groups excluding carboxylic acids is 1. The van der Waals surface area contributed by atoms with Gasteiger partial charge in [0, 0.05) is 23.3 Å². The number of halogens is 4. The summed E-state index contributed by atoms with van der Waals surface area (Å²) in [4.78, 5) is 12.1. The van der Waals surface area contributed by atoms with Crippen LogP contribution in [0.4, 0.5) is 17.6 Å². The minimum Gasteiger partial charge on any atom is -0.423 e. The maximum absolute atomic E-state index is 13.8. The van der Waals surface area contributed by atoms with Crippen molar-refractivity contribution in [2.45, 2.75) is 13.8 Å². The standard InChI is InChI=1S/C23H14F4O2/c1-13-9-21(26)18(22(27)10-13)8-5-15-3-6-16(7-4-15)23(28)29-17-11-19(24)14(2)20(25)12-17/h3-4,6-7,9-12H,1-2H3. The molecule has 0 bridgehead atoms. The van der Waals surface area contributed by atoms with E-state index < -0.39 is 29.2 Å². The number of ether oxygens (including phenoxy) is 1. The minimum absolute atomic E-state index is 0.115. The lowest BCUT2D eigenvalue weighted by Crippen LogP contribution is -2.09. The summed E-state index contributed by atoms with van der Waals surface area (Å²) < 4.78 is 59.7. The molecule has 0 N–H and O–H groups in total. The van der Waals surface area contributed by atoms with Crippen LogP contribution in [0.5, 0.6) is 5.75 Å². The van der Waals surface area contributed by atoms with Gasteiger partial charge in [0.15, 0.2) is 0 Å². The van der Waals surface area contributed by atoms with Gasteiger partial charge in [-0.05, 0) is 55.8 Å². The van der Waals surface area contributed by atoms with Crippen LogP contribution in [0.3, 0.4) is 0 Å². The molecule has 0 aromatic heterocycles. The van der Waals surface area contributed by atoms with Gasteiger partial charge in [-0.15, -0.1) is 0 Å². The molecule has 0 atom stereocenters. The maximum Gasteiger partial charge on any atom is 0.343 e. The third-order valence-corrected chi connectivity index (χ3v) is 4.10. The Hall–Kier alpha value is -3.59. The molecule has 0 unspecified atom stereocenters. The number of esters is 1. The van der Waals surface area contributed by atoms with Crippen molar-refractivity contribution in [3.63, 3.8) is 0 Å². The van der Waals surface area contributed by atoms with Crippen LogP contribution < -0.4 is 4.74 Å².